The number of hydrogen-bond acceptors (Lipinski definition) is 6. The van der Waals surface area contributed by atoms with Crippen LogP contribution in [0.15, 0.2) is 18.7 Å². The van der Waals surface area contributed by atoms with Gasteiger partial charge in [0, 0.05) is 36.6 Å². The number of nitrogens with zero attached hydrogens (tertiary/aromatic N) is 3. The highest BCUT2D eigenvalue weighted by molar-refractivity contribution is 5.85. The van der Waals surface area contributed by atoms with E-state index in [2.05, 4.69) is 40.0 Å². The van der Waals surface area contributed by atoms with E-state index in [9.17, 15) is 4.79 Å². The van der Waals surface area contributed by atoms with Gasteiger partial charge >= 0.3 is 0 Å². The molecule has 2 aliphatic heterocycles. The van der Waals surface area contributed by atoms with Crippen molar-refractivity contribution in [1.82, 2.24) is 31.0 Å². The first-order chi connectivity index (χ1) is 12.1. The molecule has 1 amide bonds. The summed E-state index contributed by atoms with van der Waals surface area (Å²) >= 11 is 0. The molecular formula is C18H31ClN6O. The Labute approximate surface area is 162 Å². The Bertz CT molecular complexity index is 550. The number of aromatic nitrogens is 2. The van der Waals surface area contributed by atoms with E-state index in [-0.39, 0.29) is 30.4 Å². The third-order valence-electron chi connectivity index (χ3n) is 5.27. The van der Waals surface area contributed by atoms with Gasteiger partial charge in [-0.25, -0.2) is 15.4 Å². The first-order valence-electron chi connectivity index (χ1n) is 9.41. The smallest absolute Gasteiger partial charge is 0.241 e. The van der Waals surface area contributed by atoms with Gasteiger partial charge in [-0.15, -0.1) is 12.4 Å². The summed E-state index contributed by atoms with van der Waals surface area (Å²) in [6, 6.07) is 0.447. The molecule has 3 N–H and O–H groups in total. The molecule has 0 bridgehead atoms. The third kappa shape index (κ3) is 5.36. The van der Waals surface area contributed by atoms with Crippen molar-refractivity contribution in [2.45, 2.75) is 64.2 Å². The van der Waals surface area contributed by atoms with Crippen molar-refractivity contribution in [2.75, 3.05) is 13.1 Å². The Morgan fingerprint density at radius 1 is 1.23 bits per heavy atom. The second-order valence-corrected chi connectivity index (χ2v) is 7.48. The van der Waals surface area contributed by atoms with Crippen molar-refractivity contribution in [3.8, 4) is 0 Å². The molecule has 146 valence electrons. The van der Waals surface area contributed by atoms with Crippen molar-refractivity contribution in [2.24, 2.45) is 5.92 Å². The minimum absolute atomic E-state index is 0. The highest BCUT2D eigenvalue weighted by Crippen LogP contribution is 2.21. The van der Waals surface area contributed by atoms with E-state index in [0.717, 1.165) is 44.3 Å². The van der Waals surface area contributed by atoms with Gasteiger partial charge < -0.3 is 10.2 Å². The Kier molecular flexibility index (Phi) is 8.21. The van der Waals surface area contributed by atoms with E-state index >= 15 is 0 Å². The predicted octanol–water partition coefficient (Wildman–Crippen LogP) is 1.26. The Morgan fingerprint density at radius 3 is 2.69 bits per heavy atom. The standard InChI is InChI=1S/C18H30N6O.ClH/c1-13(2)16-8-17(23-22-16)18(25)24(11-14-9-20-12-21-10-14)15-4-3-6-19-7-5-15;/h9-10,12-13,15-17,19,22-23H,3-8,11H2,1-2H3;1H. The molecule has 7 nitrogen and oxygen atoms in total. The van der Waals surface area contributed by atoms with E-state index in [1.165, 1.54) is 6.33 Å². The summed E-state index contributed by atoms with van der Waals surface area (Å²) in [5, 5.41) is 3.44. The molecule has 3 unspecified atom stereocenters. The zero-order valence-electron chi connectivity index (χ0n) is 15.6. The number of rotatable bonds is 5. The van der Waals surface area contributed by atoms with Gasteiger partial charge in [0.2, 0.25) is 5.91 Å². The molecule has 2 aliphatic rings. The Hall–Kier alpha value is -1.28. The number of hydrazine groups is 1. The van der Waals surface area contributed by atoms with Crippen LogP contribution >= 0.6 is 12.4 Å². The Balaban J connectivity index is 0.00000243. The second-order valence-electron chi connectivity index (χ2n) is 7.48. The molecule has 0 aromatic carbocycles. The SMILES string of the molecule is CC(C)C1CC(C(=O)N(Cc2cncnc2)C2CCCNCC2)NN1.Cl. The first kappa shape index (κ1) is 21.0. The van der Waals surface area contributed by atoms with Crippen LogP contribution in [0, 0.1) is 5.92 Å². The fraction of sp³-hybridized carbons (Fsp3) is 0.722. The summed E-state index contributed by atoms with van der Waals surface area (Å²) in [7, 11) is 0. The highest BCUT2D eigenvalue weighted by Gasteiger charge is 2.36. The summed E-state index contributed by atoms with van der Waals surface area (Å²) in [4.78, 5) is 23.5. The number of carbonyl (C=O) groups excluding carboxylic acids is 1. The van der Waals surface area contributed by atoms with Gasteiger partial charge in [-0.1, -0.05) is 13.8 Å². The van der Waals surface area contributed by atoms with Crippen molar-refractivity contribution in [3.63, 3.8) is 0 Å². The average molecular weight is 383 g/mol. The molecule has 3 atom stereocenters. The maximum absolute atomic E-state index is 13.3. The van der Waals surface area contributed by atoms with Crippen LogP contribution in [0.25, 0.3) is 0 Å². The quantitative estimate of drug-likeness (QED) is 0.711. The van der Waals surface area contributed by atoms with E-state index in [0.29, 0.717) is 18.5 Å². The molecule has 0 spiro atoms. The maximum atomic E-state index is 13.3. The molecule has 26 heavy (non-hydrogen) atoms. The monoisotopic (exact) mass is 382 g/mol. The van der Waals surface area contributed by atoms with Crippen molar-refractivity contribution < 1.29 is 4.79 Å². The van der Waals surface area contributed by atoms with Gasteiger partial charge in [-0.3, -0.25) is 10.2 Å². The van der Waals surface area contributed by atoms with Crippen LogP contribution in [0.5, 0.6) is 0 Å². The minimum atomic E-state index is -0.159. The van der Waals surface area contributed by atoms with E-state index in [1.807, 2.05) is 4.90 Å². The molecule has 3 heterocycles. The first-order valence-corrected chi connectivity index (χ1v) is 9.41. The van der Waals surface area contributed by atoms with Crippen LogP contribution in [0.3, 0.4) is 0 Å². The number of amides is 1. The summed E-state index contributed by atoms with van der Waals surface area (Å²) in [5.74, 6) is 0.690. The van der Waals surface area contributed by atoms with Crippen LogP contribution in [0.2, 0.25) is 0 Å². The van der Waals surface area contributed by atoms with Gasteiger partial charge in [-0.2, -0.15) is 0 Å². The van der Waals surface area contributed by atoms with Gasteiger partial charge in [0.15, 0.2) is 0 Å². The fourth-order valence-corrected chi connectivity index (χ4v) is 3.69. The number of halogens is 1. The average Bonchev–Trinajstić information content (AvgIpc) is 2.97. The lowest BCUT2D eigenvalue weighted by Gasteiger charge is -2.33. The molecule has 0 saturated carbocycles. The lowest BCUT2D eigenvalue weighted by atomic mass is 9.98. The topological polar surface area (TPSA) is 82.2 Å². The lowest BCUT2D eigenvalue weighted by Crippen LogP contribution is -2.49. The molecular weight excluding hydrogens is 352 g/mol. The van der Waals surface area contributed by atoms with Crippen molar-refractivity contribution in [3.05, 3.63) is 24.3 Å². The largest absolute Gasteiger partial charge is 0.334 e. The maximum Gasteiger partial charge on any atom is 0.241 e. The van der Waals surface area contributed by atoms with E-state index in [4.69, 9.17) is 0 Å². The van der Waals surface area contributed by atoms with Gasteiger partial charge in [-0.05, 0) is 44.7 Å². The highest BCUT2D eigenvalue weighted by atomic mass is 35.5. The van der Waals surface area contributed by atoms with Gasteiger partial charge in [0.25, 0.3) is 0 Å². The summed E-state index contributed by atoms with van der Waals surface area (Å²) < 4.78 is 0. The van der Waals surface area contributed by atoms with Crippen molar-refractivity contribution in [1.29, 1.82) is 0 Å². The number of hydrogen-bond donors (Lipinski definition) is 3. The fourth-order valence-electron chi connectivity index (χ4n) is 3.69. The van der Waals surface area contributed by atoms with E-state index in [1.54, 1.807) is 12.4 Å². The summed E-state index contributed by atoms with van der Waals surface area (Å²) in [5.41, 5.74) is 7.49. The van der Waals surface area contributed by atoms with Gasteiger partial charge in [0.05, 0.1) is 0 Å². The number of nitrogens with one attached hydrogen (secondary N) is 3. The third-order valence-corrected chi connectivity index (χ3v) is 5.27. The zero-order valence-corrected chi connectivity index (χ0v) is 16.5. The summed E-state index contributed by atoms with van der Waals surface area (Å²) in [6.07, 6.45) is 9.11. The predicted molar refractivity (Wildman–Crippen MR) is 104 cm³/mol. The molecule has 8 heteroatoms. The lowest BCUT2D eigenvalue weighted by molar-refractivity contribution is -0.136. The van der Waals surface area contributed by atoms with Crippen LogP contribution in [0.4, 0.5) is 0 Å². The molecule has 1 aromatic heterocycles. The molecule has 1 aromatic rings. The van der Waals surface area contributed by atoms with Crippen LogP contribution in [-0.2, 0) is 11.3 Å². The van der Waals surface area contributed by atoms with E-state index < -0.39 is 0 Å². The number of carbonyl (C=O) groups is 1. The molecule has 0 radical (unpaired) electrons. The molecule has 2 fully saturated rings. The molecule has 0 aliphatic carbocycles. The second kappa shape index (κ2) is 10.2. The molecule has 3 rings (SSSR count). The zero-order chi connectivity index (χ0) is 17.6. The van der Waals surface area contributed by atoms with Crippen molar-refractivity contribution >= 4 is 18.3 Å². The summed E-state index contributed by atoms with van der Waals surface area (Å²) in [6.45, 7) is 6.94. The van der Waals surface area contributed by atoms with Crippen LogP contribution in [-0.4, -0.2) is 52.0 Å². The van der Waals surface area contributed by atoms with Crippen LogP contribution in [0.1, 0.15) is 45.1 Å². The van der Waals surface area contributed by atoms with Crippen LogP contribution < -0.4 is 16.2 Å². The van der Waals surface area contributed by atoms with Gasteiger partial charge in [0.1, 0.15) is 12.4 Å². The Morgan fingerprint density at radius 2 is 2.00 bits per heavy atom. The molecule has 2 saturated heterocycles. The normalized spacial score (nSPS) is 26.2. The minimum Gasteiger partial charge on any atom is -0.334 e.